The van der Waals surface area contributed by atoms with E-state index in [4.69, 9.17) is 14.2 Å². The number of carbonyl (C=O) groups excluding carboxylic acids is 3. The van der Waals surface area contributed by atoms with E-state index in [-0.39, 0.29) is 19.0 Å². The number of ether oxygens (including phenoxy) is 3. The Kier molecular flexibility index (Phi) is 7.45. The Balaban J connectivity index is 1.51. The molecule has 1 aliphatic rings. The van der Waals surface area contributed by atoms with E-state index >= 15 is 0 Å². The summed E-state index contributed by atoms with van der Waals surface area (Å²) in [7, 11) is 3.09. The third kappa shape index (κ3) is 5.52. The van der Waals surface area contributed by atoms with Gasteiger partial charge in [0.05, 0.1) is 27.4 Å². The van der Waals surface area contributed by atoms with Crippen molar-refractivity contribution in [3.63, 3.8) is 0 Å². The van der Waals surface area contributed by atoms with Gasteiger partial charge >= 0.3 is 11.8 Å². The molecule has 1 fully saturated rings. The van der Waals surface area contributed by atoms with Gasteiger partial charge in [0.15, 0.2) is 0 Å². The Bertz CT molecular complexity index is 931. The Hall–Kier alpha value is -3.59. The van der Waals surface area contributed by atoms with Gasteiger partial charge in [-0.1, -0.05) is 18.2 Å². The Morgan fingerprint density at radius 3 is 2.42 bits per heavy atom. The highest BCUT2D eigenvalue weighted by Crippen LogP contribution is 2.18. The third-order valence-corrected chi connectivity index (χ3v) is 4.86. The highest BCUT2D eigenvalue weighted by atomic mass is 16.5. The first-order chi connectivity index (χ1) is 15.0. The molecule has 0 bridgehead atoms. The van der Waals surface area contributed by atoms with Crippen LogP contribution in [0.5, 0.6) is 11.5 Å². The summed E-state index contributed by atoms with van der Waals surface area (Å²) in [6.45, 7) is 0.898. The van der Waals surface area contributed by atoms with E-state index in [1.165, 1.54) is 12.0 Å². The van der Waals surface area contributed by atoms with Crippen molar-refractivity contribution in [1.82, 2.24) is 15.5 Å². The zero-order valence-electron chi connectivity index (χ0n) is 17.4. The number of carbonyl (C=O) groups is 3. The zero-order chi connectivity index (χ0) is 22.2. The molecule has 9 heteroatoms. The molecule has 0 radical (unpaired) electrons. The maximum atomic E-state index is 12.8. The molecule has 0 unspecified atom stereocenters. The highest BCUT2D eigenvalue weighted by molar-refractivity contribution is 6.35. The average Bonchev–Trinajstić information content (AvgIpc) is 3.29. The fraction of sp³-hybridized carbons (Fsp3) is 0.318. The van der Waals surface area contributed by atoms with Gasteiger partial charge in [-0.05, 0) is 30.3 Å². The van der Waals surface area contributed by atoms with Crippen molar-refractivity contribution in [3.8, 4) is 11.5 Å². The molecule has 1 heterocycles. The quantitative estimate of drug-likeness (QED) is 0.637. The molecule has 2 aromatic rings. The summed E-state index contributed by atoms with van der Waals surface area (Å²) in [4.78, 5) is 38.6. The number of nitrogens with one attached hydrogen (secondary N) is 2. The van der Waals surface area contributed by atoms with E-state index in [0.717, 1.165) is 5.56 Å². The van der Waals surface area contributed by atoms with Gasteiger partial charge in [0.25, 0.3) is 5.91 Å². The summed E-state index contributed by atoms with van der Waals surface area (Å²) in [5, 5.41) is 5.08. The van der Waals surface area contributed by atoms with Crippen LogP contribution in [0, 0.1) is 0 Å². The lowest BCUT2D eigenvalue weighted by Crippen LogP contribution is -2.47. The zero-order valence-corrected chi connectivity index (χ0v) is 17.4. The van der Waals surface area contributed by atoms with E-state index < -0.39 is 18.0 Å². The van der Waals surface area contributed by atoms with Crippen LogP contribution in [-0.2, 0) is 20.9 Å². The van der Waals surface area contributed by atoms with Crippen LogP contribution in [0.25, 0.3) is 0 Å². The number of nitrogens with zero attached hydrogens (tertiary/aromatic N) is 1. The van der Waals surface area contributed by atoms with Crippen molar-refractivity contribution < 1.29 is 28.6 Å². The van der Waals surface area contributed by atoms with Gasteiger partial charge in [0, 0.05) is 24.2 Å². The molecule has 164 valence electrons. The van der Waals surface area contributed by atoms with E-state index in [1.807, 2.05) is 12.1 Å². The third-order valence-electron chi connectivity index (χ3n) is 4.86. The van der Waals surface area contributed by atoms with Crippen LogP contribution in [0.15, 0.2) is 48.5 Å². The number of para-hydroxylation sites is 1. The number of benzene rings is 2. The fourth-order valence-electron chi connectivity index (χ4n) is 3.19. The van der Waals surface area contributed by atoms with Crippen LogP contribution in [0.2, 0.25) is 0 Å². The number of hydrogen-bond acceptors (Lipinski definition) is 6. The largest absolute Gasteiger partial charge is 0.497 e. The first-order valence-electron chi connectivity index (χ1n) is 9.78. The van der Waals surface area contributed by atoms with E-state index in [1.54, 1.807) is 43.5 Å². The molecule has 2 N–H and O–H groups in total. The SMILES string of the molecule is COc1ccc(C(=O)N2CCO[C@H]2CNC(=O)C(=O)NCc2ccccc2OC)cc1. The maximum absolute atomic E-state index is 12.8. The minimum Gasteiger partial charge on any atom is -0.497 e. The van der Waals surface area contributed by atoms with Crippen LogP contribution < -0.4 is 20.1 Å². The molecule has 2 aromatic carbocycles. The number of methoxy groups -OCH3 is 2. The summed E-state index contributed by atoms with van der Waals surface area (Å²) >= 11 is 0. The summed E-state index contributed by atoms with van der Waals surface area (Å²) in [5.41, 5.74) is 1.23. The van der Waals surface area contributed by atoms with Crippen LogP contribution >= 0.6 is 0 Å². The van der Waals surface area contributed by atoms with Crippen molar-refractivity contribution in [1.29, 1.82) is 0 Å². The molecular formula is C22H25N3O6. The first kappa shape index (κ1) is 22.1. The Morgan fingerprint density at radius 1 is 1.00 bits per heavy atom. The molecule has 9 nitrogen and oxygen atoms in total. The second kappa shape index (κ2) is 10.4. The number of rotatable bonds is 7. The molecular weight excluding hydrogens is 402 g/mol. The molecule has 0 saturated carbocycles. The van der Waals surface area contributed by atoms with Gasteiger partial charge in [-0.15, -0.1) is 0 Å². The van der Waals surface area contributed by atoms with Crippen LogP contribution in [0.1, 0.15) is 15.9 Å². The van der Waals surface area contributed by atoms with Crippen molar-refractivity contribution >= 4 is 17.7 Å². The number of amides is 3. The molecule has 1 saturated heterocycles. The van der Waals surface area contributed by atoms with Gasteiger partial charge in [0.1, 0.15) is 17.7 Å². The lowest BCUT2D eigenvalue weighted by atomic mass is 10.2. The molecule has 0 spiro atoms. The Morgan fingerprint density at radius 2 is 1.71 bits per heavy atom. The minimum atomic E-state index is -0.803. The van der Waals surface area contributed by atoms with Gasteiger partial charge in [-0.2, -0.15) is 0 Å². The maximum Gasteiger partial charge on any atom is 0.309 e. The Labute approximate surface area is 180 Å². The molecule has 1 aliphatic heterocycles. The summed E-state index contributed by atoms with van der Waals surface area (Å²) < 4.78 is 15.9. The highest BCUT2D eigenvalue weighted by Gasteiger charge is 2.31. The first-order valence-corrected chi connectivity index (χ1v) is 9.78. The second-order valence-electron chi connectivity index (χ2n) is 6.76. The van der Waals surface area contributed by atoms with Gasteiger partial charge in [0.2, 0.25) is 0 Å². The molecule has 3 rings (SSSR count). The van der Waals surface area contributed by atoms with Crippen molar-refractivity contribution in [2.45, 2.75) is 12.8 Å². The van der Waals surface area contributed by atoms with Crippen LogP contribution in [0.3, 0.4) is 0 Å². The summed E-state index contributed by atoms with van der Waals surface area (Å²) in [6, 6.07) is 13.9. The van der Waals surface area contributed by atoms with Crippen molar-refractivity contribution in [2.75, 3.05) is 33.9 Å². The van der Waals surface area contributed by atoms with E-state index in [9.17, 15) is 14.4 Å². The summed E-state index contributed by atoms with van der Waals surface area (Å²) in [5.74, 6) is -0.536. The van der Waals surface area contributed by atoms with E-state index in [2.05, 4.69) is 10.6 Å². The second-order valence-corrected chi connectivity index (χ2v) is 6.76. The topological polar surface area (TPSA) is 106 Å². The van der Waals surface area contributed by atoms with Crippen molar-refractivity contribution in [3.05, 3.63) is 59.7 Å². The smallest absolute Gasteiger partial charge is 0.309 e. The minimum absolute atomic E-state index is 0.00278. The molecule has 31 heavy (non-hydrogen) atoms. The van der Waals surface area contributed by atoms with Gasteiger partial charge in [-0.25, -0.2) is 0 Å². The molecule has 0 aromatic heterocycles. The lowest BCUT2D eigenvalue weighted by molar-refractivity contribution is -0.139. The van der Waals surface area contributed by atoms with Crippen LogP contribution in [-0.4, -0.2) is 62.8 Å². The lowest BCUT2D eigenvalue weighted by Gasteiger charge is -2.23. The molecule has 1 atom stereocenters. The predicted octanol–water partition coefficient (Wildman–Crippen LogP) is 0.935. The van der Waals surface area contributed by atoms with E-state index in [0.29, 0.717) is 30.2 Å². The normalized spacial score (nSPS) is 15.3. The van der Waals surface area contributed by atoms with Gasteiger partial charge in [-0.3, -0.25) is 14.4 Å². The van der Waals surface area contributed by atoms with Crippen molar-refractivity contribution in [2.24, 2.45) is 0 Å². The average molecular weight is 427 g/mol. The summed E-state index contributed by atoms with van der Waals surface area (Å²) in [6.07, 6.45) is -0.652. The standard InChI is InChI=1S/C22H25N3O6/c1-29-17-9-7-15(8-10-17)22(28)25-11-12-31-19(25)14-24-21(27)20(26)23-13-16-5-3-4-6-18(16)30-2/h3-10,19H,11-14H2,1-2H3,(H,23,26)(H,24,27)/t19-/m0/s1. The number of hydrogen-bond donors (Lipinski definition) is 2. The fourth-order valence-corrected chi connectivity index (χ4v) is 3.19. The molecule has 3 amide bonds. The van der Waals surface area contributed by atoms with Gasteiger partial charge < -0.3 is 29.7 Å². The monoisotopic (exact) mass is 427 g/mol. The molecule has 0 aliphatic carbocycles. The van der Waals surface area contributed by atoms with Crippen LogP contribution in [0.4, 0.5) is 0 Å². The predicted molar refractivity (Wildman–Crippen MR) is 112 cm³/mol.